The summed E-state index contributed by atoms with van der Waals surface area (Å²) in [6, 6.07) is 10.4. The zero-order valence-corrected chi connectivity index (χ0v) is 18.2. The van der Waals surface area contributed by atoms with E-state index in [9.17, 15) is 4.79 Å². The molecule has 0 N–H and O–H groups in total. The molecule has 0 aliphatic carbocycles. The van der Waals surface area contributed by atoms with Crippen LogP contribution in [0, 0.1) is 0 Å². The Labute approximate surface area is 169 Å². The van der Waals surface area contributed by atoms with E-state index < -0.39 is 0 Å². The summed E-state index contributed by atoms with van der Waals surface area (Å²) in [4.78, 5) is 17.3. The molecule has 1 saturated heterocycles. The Hall–Kier alpha value is -2.30. The van der Waals surface area contributed by atoms with Gasteiger partial charge in [0.15, 0.2) is 5.69 Å². The van der Waals surface area contributed by atoms with Crippen molar-refractivity contribution in [3.8, 4) is 0 Å². The average Bonchev–Trinajstić information content (AvgIpc) is 3.31. The Bertz CT molecular complexity index is 825. The van der Waals surface area contributed by atoms with Gasteiger partial charge in [-0.15, -0.1) is 0 Å². The number of amides is 1. The van der Waals surface area contributed by atoms with E-state index in [1.54, 1.807) is 4.90 Å². The lowest BCUT2D eigenvalue weighted by atomic mass is 10.1. The van der Waals surface area contributed by atoms with E-state index in [0.29, 0.717) is 18.2 Å². The first-order valence-corrected chi connectivity index (χ1v) is 10.4. The van der Waals surface area contributed by atoms with Gasteiger partial charge in [0.2, 0.25) is 0 Å². The SMILES string of the molecule is CC(C)c1cc(C(=O)N(C)Cc2ccccc2N2CCCC2)nn1C(C)(C)C. The lowest BCUT2D eigenvalue weighted by molar-refractivity contribution is 0.0777. The van der Waals surface area contributed by atoms with Crippen molar-refractivity contribution in [1.29, 1.82) is 0 Å². The predicted octanol–water partition coefficient (Wildman–Crippen LogP) is 4.63. The predicted molar refractivity (Wildman–Crippen MR) is 115 cm³/mol. The molecule has 2 heterocycles. The molecule has 3 rings (SSSR count). The summed E-state index contributed by atoms with van der Waals surface area (Å²) in [5.74, 6) is 0.288. The minimum atomic E-state index is -0.154. The minimum absolute atomic E-state index is 0.0267. The van der Waals surface area contributed by atoms with Gasteiger partial charge in [0.05, 0.1) is 5.54 Å². The summed E-state index contributed by atoms with van der Waals surface area (Å²) in [5.41, 5.74) is 3.92. The molecule has 5 heteroatoms. The second-order valence-electron chi connectivity index (χ2n) is 9.18. The molecule has 0 spiro atoms. The van der Waals surface area contributed by atoms with Crippen LogP contribution in [0.1, 0.15) is 75.1 Å². The molecule has 0 atom stereocenters. The van der Waals surface area contributed by atoms with Crippen LogP contribution in [-0.4, -0.2) is 40.7 Å². The second kappa shape index (κ2) is 7.98. The molecule has 0 saturated carbocycles. The van der Waals surface area contributed by atoms with Gasteiger partial charge in [0.1, 0.15) is 0 Å². The van der Waals surface area contributed by atoms with Gasteiger partial charge < -0.3 is 9.80 Å². The molecule has 5 nitrogen and oxygen atoms in total. The van der Waals surface area contributed by atoms with Crippen LogP contribution in [0.4, 0.5) is 5.69 Å². The molecule has 1 amide bonds. The van der Waals surface area contributed by atoms with Crippen LogP contribution in [0.5, 0.6) is 0 Å². The first-order valence-electron chi connectivity index (χ1n) is 10.4. The third-order valence-electron chi connectivity index (χ3n) is 5.38. The maximum absolute atomic E-state index is 13.1. The summed E-state index contributed by atoms with van der Waals surface area (Å²) in [7, 11) is 1.87. The molecule has 1 aromatic carbocycles. The first kappa shape index (κ1) is 20.4. The van der Waals surface area contributed by atoms with Gasteiger partial charge in [-0.2, -0.15) is 5.10 Å². The summed E-state index contributed by atoms with van der Waals surface area (Å²) >= 11 is 0. The fourth-order valence-electron chi connectivity index (χ4n) is 3.88. The highest BCUT2D eigenvalue weighted by Crippen LogP contribution is 2.27. The van der Waals surface area contributed by atoms with Crippen LogP contribution < -0.4 is 4.90 Å². The number of rotatable bonds is 5. The summed E-state index contributed by atoms with van der Waals surface area (Å²) in [6.45, 7) is 13.4. The van der Waals surface area contributed by atoms with E-state index in [1.165, 1.54) is 24.1 Å². The van der Waals surface area contributed by atoms with Gasteiger partial charge in [-0.1, -0.05) is 32.0 Å². The van der Waals surface area contributed by atoms with Gasteiger partial charge >= 0.3 is 0 Å². The molecule has 1 aliphatic heterocycles. The fraction of sp³-hybridized carbons (Fsp3) is 0.565. The van der Waals surface area contributed by atoms with Crippen molar-refractivity contribution in [2.45, 2.75) is 65.5 Å². The topological polar surface area (TPSA) is 41.4 Å². The highest BCUT2D eigenvalue weighted by atomic mass is 16.2. The van der Waals surface area contributed by atoms with Gasteiger partial charge in [-0.25, -0.2) is 0 Å². The number of aromatic nitrogens is 2. The Morgan fingerprint density at radius 2 is 1.82 bits per heavy atom. The number of hydrogen-bond donors (Lipinski definition) is 0. The molecular formula is C23H34N4O. The van der Waals surface area contributed by atoms with Crippen LogP contribution in [0.25, 0.3) is 0 Å². The Kier molecular flexibility index (Phi) is 5.82. The normalized spacial score (nSPS) is 14.8. The summed E-state index contributed by atoms with van der Waals surface area (Å²) in [5, 5.41) is 4.68. The highest BCUT2D eigenvalue weighted by Gasteiger charge is 2.25. The molecule has 0 unspecified atom stereocenters. The molecular weight excluding hydrogens is 348 g/mol. The second-order valence-corrected chi connectivity index (χ2v) is 9.18. The molecule has 1 aromatic heterocycles. The van der Waals surface area contributed by atoms with Crippen LogP contribution in [0.3, 0.4) is 0 Å². The quantitative estimate of drug-likeness (QED) is 0.757. The fourth-order valence-corrected chi connectivity index (χ4v) is 3.88. The maximum Gasteiger partial charge on any atom is 0.274 e. The smallest absolute Gasteiger partial charge is 0.274 e. The van der Waals surface area contributed by atoms with Gasteiger partial charge in [0.25, 0.3) is 5.91 Å². The number of anilines is 1. The molecule has 1 aliphatic rings. The van der Waals surface area contributed by atoms with Crippen molar-refractivity contribution in [1.82, 2.24) is 14.7 Å². The lowest BCUT2D eigenvalue weighted by Crippen LogP contribution is -2.29. The largest absolute Gasteiger partial charge is 0.371 e. The van der Waals surface area contributed by atoms with Crippen molar-refractivity contribution in [2.75, 3.05) is 25.0 Å². The van der Waals surface area contributed by atoms with E-state index in [0.717, 1.165) is 18.8 Å². The van der Waals surface area contributed by atoms with E-state index in [2.05, 4.69) is 68.9 Å². The van der Waals surface area contributed by atoms with Gasteiger partial charge in [0, 0.05) is 38.1 Å². The number of benzene rings is 1. The monoisotopic (exact) mass is 382 g/mol. The van der Waals surface area contributed by atoms with E-state index in [-0.39, 0.29) is 11.4 Å². The third-order valence-corrected chi connectivity index (χ3v) is 5.38. The van der Waals surface area contributed by atoms with Crippen LogP contribution in [0.2, 0.25) is 0 Å². The zero-order valence-electron chi connectivity index (χ0n) is 18.2. The third kappa shape index (κ3) is 4.23. The Morgan fingerprint density at radius 3 is 2.39 bits per heavy atom. The van der Waals surface area contributed by atoms with Crippen LogP contribution in [0.15, 0.2) is 30.3 Å². The van der Waals surface area contributed by atoms with E-state index >= 15 is 0 Å². The molecule has 0 bridgehead atoms. The van der Waals surface area contributed by atoms with Crippen molar-refractivity contribution < 1.29 is 4.79 Å². The van der Waals surface area contributed by atoms with Crippen molar-refractivity contribution in [3.63, 3.8) is 0 Å². The number of nitrogens with zero attached hydrogens (tertiary/aromatic N) is 4. The van der Waals surface area contributed by atoms with Gasteiger partial charge in [-0.3, -0.25) is 9.48 Å². The van der Waals surface area contributed by atoms with Gasteiger partial charge in [-0.05, 0) is 57.2 Å². The molecule has 28 heavy (non-hydrogen) atoms. The zero-order chi connectivity index (χ0) is 20.5. The highest BCUT2D eigenvalue weighted by molar-refractivity contribution is 5.92. The lowest BCUT2D eigenvalue weighted by Gasteiger charge is -2.24. The minimum Gasteiger partial charge on any atom is -0.371 e. The Morgan fingerprint density at radius 1 is 1.18 bits per heavy atom. The number of para-hydroxylation sites is 1. The van der Waals surface area contributed by atoms with Crippen molar-refractivity contribution in [2.24, 2.45) is 0 Å². The van der Waals surface area contributed by atoms with Crippen LogP contribution in [-0.2, 0) is 12.1 Å². The van der Waals surface area contributed by atoms with Crippen molar-refractivity contribution >= 4 is 11.6 Å². The van der Waals surface area contributed by atoms with Crippen molar-refractivity contribution in [3.05, 3.63) is 47.3 Å². The molecule has 1 fully saturated rings. The first-order chi connectivity index (χ1) is 13.2. The molecule has 152 valence electrons. The van der Waals surface area contributed by atoms with E-state index in [4.69, 9.17) is 0 Å². The Balaban J connectivity index is 1.83. The van der Waals surface area contributed by atoms with Crippen LogP contribution >= 0.6 is 0 Å². The standard InChI is InChI=1S/C23H34N4O/c1-17(2)21-15-19(24-27(21)23(3,4)5)22(28)25(6)16-18-11-7-8-12-20(18)26-13-9-10-14-26/h7-8,11-12,15,17H,9-10,13-14,16H2,1-6H3. The van der Waals surface area contributed by atoms with E-state index in [1.807, 2.05) is 17.8 Å². The maximum atomic E-state index is 13.1. The molecule has 0 radical (unpaired) electrons. The number of carbonyl (C=O) groups is 1. The average molecular weight is 383 g/mol. The summed E-state index contributed by atoms with van der Waals surface area (Å²) in [6.07, 6.45) is 2.48. The summed E-state index contributed by atoms with van der Waals surface area (Å²) < 4.78 is 2.00. The molecule has 2 aromatic rings. The number of hydrogen-bond acceptors (Lipinski definition) is 3. The number of carbonyl (C=O) groups excluding carboxylic acids is 1.